The standard InChI is InChI=1S/C24H22N6O3/c1-14-9-10-19(33-14)21-20(23(31)27-17-7-5-11-25-13-17)15(2)26-24-28-22(29-30(21)24)16-6-4-8-18(12-16)32-3/h4-13,21H,1-3H3,(H,27,31)(H,26,28,29). The molecule has 2 N–H and O–H groups in total. The van der Waals surface area contributed by atoms with Crippen molar-refractivity contribution in [1.29, 1.82) is 0 Å². The van der Waals surface area contributed by atoms with Crippen LogP contribution in [0.2, 0.25) is 0 Å². The van der Waals surface area contributed by atoms with Crippen molar-refractivity contribution < 1.29 is 13.9 Å². The summed E-state index contributed by atoms with van der Waals surface area (Å²) in [5.74, 6) is 2.78. The van der Waals surface area contributed by atoms with Crippen molar-refractivity contribution in [1.82, 2.24) is 19.7 Å². The van der Waals surface area contributed by atoms with Gasteiger partial charge in [0.25, 0.3) is 5.91 Å². The highest BCUT2D eigenvalue weighted by Crippen LogP contribution is 2.37. The maximum Gasteiger partial charge on any atom is 0.256 e. The molecule has 1 unspecified atom stereocenters. The van der Waals surface area contributed by atoms with Crippen LogP contribution in [0.1, 0.15) is 24.5 Å². The summed E-state index contributed by atoms with van der Waals surface area (Å²) in [6, 6.07) is 14.2. The van der Waals surface area contributed by atoms with E-state index in [9.17, 15) is 4.79 Å². The van der Waals surface area contributed by atoms with Gasteiger partial charge in [-0.15, -0.1) is 5.10 Å². The number of aryl methyl sites for hydroxylation is 1. The molecule has 4 aromatic rings. The summed E-state index contributed by atoms with van der Waals surface area (Å²) in [5.41, 5.74) is 2.53. The number of fused-ring (bicyclic) bond motifs is 1. The number of carbonyl (C=O) groups is 1. The minimum absolute atomic E-state index is 0.281. The first-order valence-corrected chi connectivity index (χ1v) is 10.4. The van der Waals surface area contributed by atoms with Crippen molar-refractivity contribution in [2.24, 2.45) is 0 Å². The van der Waals surface area contributed by atoms with Crippen LogP contribution in [-0.4, -0.2) is 32.8 Å². The van der Waals surface area contributed by atoms with Gasteiger partial charge in [-0.3, -0.25) is 9.78 Å². The highest BCUT2D eigenvalue weighted by atomic mass is 16.5. The molecular formula is C24H22N6O3. The van der Waals surface area contributed by atoms with Gasteiger partial charge in [0.05, 0.1) is 24.6 Å². The Hall–Kier alpha value is -4.40. The van der Waals surface area contributed by atoms with Crippen LogP contribution in [0.15, 0.2) is 76.6 Å². The number of methoxy groups -OCH3 is 1. The predicted molar refractivity (Wildman–Crippen MR) is 123 cm³/mol. The van der Waals surface area contributed by atoms with E-state index in [4.69, 9.17) is 14.3 Å². The quantitative estimate of drug-likeness (QED) is 0.477. The number of anilines is 2. The van der Waals surface area contributed by atoms with Crippen molar-refractivity contribution in [3.05, 3.63) is 83.7 Å². The van der Waals surface area contributed by atoms with E-state index in [1.165, 1.54) is 0 Å². The molecule has 0 fully saturated rings. The third kappa shape index (κ3) is 3.84. The fourth-order valence-electron chi connectivity index (χ4n) is 3.83. The van der Waals surface area contributed by atoms with Gasteiger partial charge < -0.3 is 19.8 Å². The molecule has 1 aromatic carbocycles. The van der Waals surface area contributed by atoms with E-state index in [0.717, 1.165) is 11.3 Å². The average Bonchev–Trinajstić information content (AvgIpc) is 3.45. The van der Waals surface area contributed by atoms with Crippen LogP contribution < -0.4 is 15.4 Å². The highest BCUT2D eigenvalue weighted by molar-refractivity contribution is 6.05. The SMILES string of the molecule is COc1cccc(-c2nc3n(n2)C(c2ccc(C)o2)C(C(=O)Nc2cccnc2)=C(C)N3)c1. The fourth-order valence-corrected chi connectivity index (χ4v) is 3.83. The van der Waals surface area contributed by atoms with E-state index in [0.29, 0.717) is 40.2 Å². The summed E-state index contributed by atoms with van der Waals surface area (Å²) >= 11 is 0. The van der Waals surface area contributed by atoms with Gasteiger partial charge in [-0.2, -0.15) is 4.98 Å². The van der Waals surface area contributed by atoms with Crippen LogP contribution >= 0.6 is 0 Å². The van der Waals surface area contributed by atoms with Crippen molar-refractivity contribution in [2.75, 3.05) is 17.7 Å². The number of allylic oxidation sites excluding steroid dienone is 1. The van der Waals surface area contributed by atoms with Crippen molar-refractivity contribution in [3.63, 3.8) is 0 Å². The van der Waals surface area contributed by atoms with E-state index in [1.807, 2.05) is 50.2 Å². The number of aromatic nitrogens is 4. The molecule has 5 rings (SSSR count). The second-order valence-corrected chi connectivity index (χ2v) is 7.65. The molecule has 3 aromatic heterocycles. The smallest absolute Gasteiger partial charge is 0.256 e. The number of hydrogen-bond donors (Lipinski definition) is 2. The molecule has 1 atom stereocenters. The zero-order chi connectivity index (χ0) is 22.9. The van der Waals surface area contributed by atoms with Gasteiger partial charge in [-0.05, 0) is 50.2 Å². The minimum atomic E-state index is -0.599. The van der Waals surface area contributed by atoms with Gasteiger partial charge in [0.1, 0.15) is 23.3 Å². The lowest BCUT2D eigenvalue weighted by Crippen LogP contribution is -2.31. The fraction of sp³-hybridized carbons (Fsp3) is 0.167. The Morgan fingerprint density at radius 2 is 2.06 bits per heavy atom. The summed E-state index contributed by atoms with van der Waals surface area (Å²) in [6.45, 7) is 3.70. The minimum Gasteiger partial charge on any atom is -0.497 e. The van der Waals surface area contributed by atoms with Gasteiger partial charge in [0.2, 0.25) is 5.95 Å². The number of pyridine rings is 1. The van der Waals surface area contributed by atoms with Crippen molar-refractivity contribution in [3.8, 4) is 17.1 Å². The predicted octanol–water partition coefficient (Wildman–Crippen LogP) is 4.18. The third-order valence-electron chi connectivity index (χ3n) is 5.38. The topological polar surface area (TPSA) is 107 Å². The molecule has 4 heterocycles. The molecule has 9 nitrogen and oxygen atoms in total. The Balaban J connectivity index is 1.59. The molecule has 0 saturated carbocycles. The van der Waals surface area contributed by atoms with E-state index >= 15 is 0 Å². The molecular weight excluding hydrogens is 420 g/mol. The Labute approximate surface area is 190 Å². The zero-order valence-electron chi connectivity index (χ0n) is 18.4. The highest BCUT2D eigenvalue weighted by Gasteiger charge is 2.36. The summed E-state index contributed by atoms with van der Waals surface area (Å²) in [7, 11) is 1.61. The molecule has 1 aliphatic heterocycles. The zero-order valence-corrected chi connectivity index (χ0v) is 18.4. The van der Waals surface area contributed by atoms with E-state index in [1.54, 1.807) is 36.3 Å². The van der Waals surface area contributed by atoms with Crippen LogP contribution in [0.5, 0.6) is 5.75 Å². The summed E-state index contributed by atoms with van der Waals surface area (Å²) in [5, 5.41) is 10.9. The van der Waals surface area contributed by atoms with Gasteiger partial charge >= 0.3 is 0 Å². The van der Waals surface area contributed by atoms with E-state index in [-0.39, 0.29) is 5.91 Å². The Bertz CT molecular complexity index is 1360. The molecule has 0 bridgehead atoms. The summed E-state index contributed by atoms with van der Waals surface area (Å²) in [4.78, 5) is 22.1. The Morgan fingerprint density at radius 3 is 2.79 bits per heavy atom. The maximum atomic E-state index is 13.4. The lowest BCUT2D eigenvalue weighted by molar-refractivity contribution is -0.113. The number of ether oxygens (including phenoxy) is 1. The number of furan rings is 1. The molecule has 9 heteroatoms. The second-order valence-electron chi connectivity index (χ2n) is 7.65. The number of carbonyl (C=O) groups excluding carboxylic acids is 1. The average molecular weight is 442 g/mol. The van der Waals surface area contributed by atoms with Crippen molar-refractivity contribution >= 4 is 17.5 Å². The van der Waals surface area contributed by atoms with E-state index < -0.39 is 6.04 Å². The first-order chi connectivity index (χ1) is 16.0. The van der Waals surface area contributed by atoms with Crippen LogP contribution in [0.25, 0.3) is 11.4 Å². The second kappa shape index (κ2) is 8.27. The number of nitrogens with one attached hydrogen (secondary N) is 2. The largest absolute Gasteiger partial charge is 0.497 e. The van der Waals surface area contributed by atoms with Gasteiger partial charge in [-0.1, -0.05) is 12.1 Å². The van der Waals surface area contributed by atoms with Crippen molar-refractivity contribution in [2.45, 2.75) is 19.9 Å². The first kappa shape index (κ1) is 20.5. The normalized spacial score (nSPS) is 15.1. The Morgan fingerprint density at radius 1 is 1.18 bits per heavy atom. The number of benzene rings is 1. The van der Waals surface area contributed by atoms with Crippen LogP contribution in [-0.2, 0) is 4.79 Å². The number of hydrogen-bond acceptors (Lipinski definition) is 7. The monoisotopic (exact) mass is 442 g/mol. The lowest BCUT2D eigenvalue weighted by atomic mass is 10.00. The molecule has 0 radical (unpaired) electrons. The van der Waals surface area contributed by atoms with E-state index in [2.05, 4.69) is 20.6 Å². The van der Waals surface area contributed by atoms with Crippen LogP contribution in [0.3, 0.4) is 0 Å². The molecule has 0 spiro atoms. The third-order valence-corrected chi connectivity index (χ3v) is 5.38. The summed E-state index contributed by atoms with van der Waals surface area (Å²) in [6.07, 6.45) is 3.25. The number of nitrogens with zero attached hydrogens (tertiary/aromatic N) is 4. The van der Waals surface area contributed by atoms with Gasteiger partial charge in [-0.25, -0.2) is 4.68 Å². The lowest BCUT2D eigenvalue weighted by Gasteiger charge is -2.27. The summed E-state index contributed by atoms with van der Waals surface area (Å²) < 4.78 is 13.0. The van der Waals surface area contributed by atoms with Gasteiger partial charge in [0, 0.05) is 17.5 Å². The first-order valence-electron chi connectivity index (χ1n) is 10.4. The molecule has 0 aliphatic carbocycles. The molecule has 33 heavy (non-hydrogen) atoms. The number of amides is 1. The molecule has 0 saturated heterocycles. The molecule has 166 valence electrons. The van der Waals surface area contributed by atoms with Crippen LogP contribution in [0, 0.1) is 6.92 Å². The Kier molecular flexibility index (Phi) is 5.14. The molecule has 1 aliphatic rings. The van der Waals surface area contributed by atoms with Gasteiger partial charge in [0.15, 0.2) is 5.82 Å². The maximum absolute atomic E-state index is 13.4. The molecule has 1 amide bonds. The van der Waals surface area contributed by atoms with Crippen LogP contribution in [0.4, 0.5) is 11.6 Å². The number of rotatable bonds is 5.